The lowest BCUT2D eigenvalue weighted by Gasteiger charge is -2.30. The molecule has 1 aliphatic rings. The highest BCUT2D eigenvalue weighted by atomic mass is 16.6. The summed E-state index contributed by atoms with van der Waals surface area (Å²) < 4.78 is 5.34. The van der Waals surface area contributed by atoms with Crippen LogP contribution in [0, 0.1) is 6.92 Å². The Labute approximate surface area is 158 Å². The number of alkyl carbamates (subject to hydrolysis) is 1. The first-order chi connectivity index (χ1) is 12.7. The van der Waals surface area contributed by atoms with E-state index in [4.69, 9.17) is 4.74 Å². The molecule has 3 rings (SSSR count). The van der Waals surface area contributed by atoms with Gasteiger partial charge in [-0.3, -0.25) is 14.9 Å². The van der Waals surface area contributed by atoms with Gasteiger partial charge in [-0.15, -0.1) is 0 Å². The summed E-state index contributed by atoms with van der Waals surface area (Å²) in [5, 5.41) is 2.69. The van der Waals surface area contributed by atoms with E-state index in [2.05, 4.69) is 5.32 Å². The lowest BCUT2D eigenvalue weighted by molar-refractivity contribution is 0.0385. The van der Waals surface area contributed by atoms with Crippen molar-refractivity contribution in [2.45, 2.75) is 39.5 Å². The number of rotatable bonds is 3. The van der Waals surface area contributed by atoms with Gasteiger partial charge in [0.25, 0.3) is 11.8 Å². The fraction of sp³-hybridized carbons (Fsp3) is 0.286. The predicted octanol–water partition coefficient (Wildman–Crippen LogP) is 3.81. The molecule has 0 aromatic heterocycles. The van der Waals surface area contributed by atoms with Gasteiger partial charge < -0.3 is 4.74 Å². The molecular formula is C21H22N2O4. The van der Waals surface area contributed by atoms with Crippen LogP contribution in [0.5, 0.6) is 0 Å². The second kappa shape index (κ2) is 6.87. The number of ether oxygens (including phenoxy) is 1. The van der Waals surface area contributed by atoms with E-state index >= 15 is 0 Å². The van der Waals surface area contributed by atoms with Gasteiger partial charge >= 0.3 is 6.09 Å². The lowest BCUT2D eigenvalue weighted by Crippen LogP contribution is -2.46. The van der Waals surface area contributed by atoms with Crippen molar-refractivity contribution >= 4 is 17.9 Å². The third-order valence-corrected chi connectivity index (χ3v) is 4.22. The van der Waals surface area contributed by atoms with Gasteiger partial charge in [0.05, 0.1) is 11.1 Å². The fourth-order valence-corrected chi connectivity index (χ4v) is 3.04. The van der Waals surface area contributed by atoms with Gasteiger partial charge in [-0.05, 0) is 51.0 Å². The molecule has 140 valence electrons. The van der Waals surface area contributed by atoms with E-state index in [0.29, 0.717) is 16.7 Å². The average molecular weight is 366 g/mol. The maximum Gasteiger partial charge on any atom is 0.409 e. The van der Waals surface area contributed by atoms with Crippen molar-refractivity contribution < 1.29 is 19.1 Å². The summed E-state index contributed by atoms with van der Waals surface area (Å²) >= 11 is 0. The molecule has 0 fully saturated rings. The molecule has 0 bridgehead atoms. The van der Waals surface area contributed by atoms with Crippen molar-refractivity contribution in [3.8, 4) is 0 Å². The van der Waals surface area contributed by atoms with E-state index in [1.165, 1.54) is 0 Å². The van der Waals surface area contributed by atoms with E-state index in [1.807, 2.05) is 19.1 Å². The van der Waals surface area contributed by atoms with Gasteiger partial charge in [0, 0.05) is 0 Å². The first-order valence-corrected chi connectivity index (χ1v) is 8.71. The highest BCUT2D eigenvalue weighted by Gasteiger charge is 2.41. The van der Waals surface area contributed by atoms with Gasteiger partial charge in [-0.1, -0.05) is 36.4 Å². The van der Waals surface area contributed by atoms with Gasteiger partial charge in [0.15, 0.2) is 0 Å². The number of hydrogen-bond acceptors (Lipinski definition) is 4. The van der Waals surface area contributed by atoms with Crippen molar-refractivity contribution in [1.82, 2.24) is 10.2 Å². The van der Waals surface area contributed by atoms with Crippen LogP contribution in [0.25, 0.3) is 0 Å². The molecular weight excluding hydrogens is 344 g/mol. The Morgan fingerprint density at radius 2 is 1.48 bits per heavy atom. The summed E-state index contributed by atoms with van der Waals surface area (Å²) in [6, 6.07) is 13.9. The highest BCUT2D eigenvalue weighted by molar-refractivity contribution is 6.21. The molecule has 1 heterocycles. The Hall–Kier alpha value is -3.15. The minimum Gasteiger partial charge on any atom is -0.444 e. The van der Waals surface area contributed by atoms with Crippen LogP contribution in [0.15, 0.2) is 48.5 Å². The molecule has 3 amide bonds. The molecule has 1 atom stereocenters. The van der Waals surface area contributed by atoms with E-state index in [0.717, 1.165) is 10.5 Å². The Balaban J connectivity index is 2.01. The molecule has 0 aliphatic carbocycles. The number of aryl methyl sites for hydroxylation is 1. The smallest absolute Gasteiger partial charge is 0.409 e. The summed E-state index contributed by atoms with van der Waals surface area (Å²) in [4.78, 5) is 39.3. The summed E-state index contributed by atoms with van der Waals surface area (Å²) in [5.41, 5.74) is 1.44. The third kappa shape index (κ3) is 3.69. The van der Waals surface area contributed by atoms with Crippen LogP contribution in [0.3, 0.4) is 0 Å². The van der Waals surface area contributed by atoms with Crippen LogP contribution in [0.4, 0.5) is 4.79 Å². The Morgan fingerprint density at radius 3 is 2.00 bits per heavy atom. The third-order valence-electron chi connectivity index (χ3n) is 4.22. The molecule has 0 radical (unpaired) electrons. The molecule has 6 heteroatoms. The summed E-state index contributed by atoms with van der Waals surface area (Å²) in [6.45, 7) is 7.10. The number of fused-ring (bicyclic) bond motifs is 1. The van der Waals surface area contributed by atoms with Crippen LogP contribution >= 0.6 is 0 Å². The number of carbonyl (C=O) groups is 3. The number of carbonyl (C=O) groups excluding carboxylic acids is 3. The molecule has 6 nitrogen and oxygen atoms in total. The molecule has 1 unspecified atom stereocenters. The summed E-state index contributed by atoms with van der Waals surface area (Å²) in [7, 11) is 0. The lowest BCUT2D eigenvalue weighted by atomic mass is 10.1. The molecule has 0 saturated carbocycles. The van der Waals surface area contributed by atoms with E-state index in [1.54, 1.807) is 57.2 Å². The molecule has 1 aliphatic heterocycles. The normalized spacial score (nSPS) is 14.7. The predicted molar refractivity (Wildman–Crippen MR) is 100 cm³/mol. The van der Waals surface area contributed by atoms with Crippen LogP contribution < -0.4 is 5.32 Å². The van der Waals surface area contributed by atoms with Crippen LogP contribution in [-0.2, 0) is 4.74 Å². The Kier molecular flexibility index (Phi) is 4.74. The first kappa shape index (κ1) is 18.6. The average Bonchev–Trinajstić information content (AvgIpc) is 2.84. The second-order valence-electron chi connectivity index (χ2n) is 7.43. The molecule has 27 heavy (non-hydrogen) atoms. The first-order valence-electron chi connectivity index (χ1n) is 8.71. The van der Waals surface area contributed by atoms with Gasteiger partial charge in [0.2, 0.25) is 0 Å². The summed E-state index contributed by atoms with van der Waals surface area (Å²) in [6.07, 6.45) is -1.67. The van der Waals surface area contributed by atoms with Crippen molar-refractivity contribution in [2.75, 3.05) is 0 Å². The quantitative estimate of drug-likeness (QED) is 0.838. The minimum absolute atomic E-state index is 0.326. The maximum absolute atomic E-state index is 12.9. The van der Waals surface area contributed by atoms with Crippen molar-refractivity contribution in [2.24, 2.45) is 0 Å². The van der Waals surface area contributed by atoms with Crippen LogP contribution in [-0.4, -0.2) is 28.4 Å². The molecule has 2 aromatic rings. The van der Waals surface area contributed by atoms with Crippen molar-refractivity contribution in [3.63, 3.8) is 0 Å². The number of nitrogens with one attached hydrogen (secondary N) is 1. The summed E-state index contributed by atoms with van der Waals surface area (Å²) in [5.74, 6) is -0.889. The standard InChI is InChI=1S/C21H22N2O4/c1-13-9-5-6-10-14(13)17(22-20(26)27-21(2,3)4)23-18(24)15-11-7-8-12-16(15)19(23)25/h5-12,17H,1-4H3,(H,22,26). The number of imide groups is 1. The van der Waals surface area contributed by atoms with Gasteiger partial charge in [-0.2, -0.15) is 0 Å². The zero-order valence-corrected chi connectivity index (χ0v) is 15.8. The van der Waals surface area contributed by atoms with Crippen molar-refractivity contribution in [3.05, 3.63) is 70.8 Å². The SMILES string of the molecule is Cc1ccccc1C(NC(=O)OC(C)(C)C)N1C(=O)c2ccccc2C1=O. The highest BCUT2D eigenvalue weighted by Crippen LogP contribution is 2.31. The number of amides is 3. The molecule has 2 aromatic carbocycles. The zero-order valence-electron chi connectivity index (χ0n) is 15.8. The van der Waals surface area contributed by atoms with Gasteiger partial charge in [0.1, 0.15) is 11.8 Å². The van der Waals surface area contributed by atoms with E-state index < -0.39 is 29.7 Å². The Bertz CT molecular complexity index is 879. The zero-order chi connectivity index (χ0) is 19.8. The second-order valence-corrected chi connectivity index (χ2v) is 7.43. The van der Waals surface area contributed by atoms with Crippen LogP contribution in [0.2, 0.25) is 0 Å². The fourth-order valence-electron chi connectivity index (χ4n) is 3.04. The van der Waals surface area contributed by atoms with Crippen molar-refractivity contribution in [1.29, 1.82) is 0 Å². The van der Waals surface area contributed by atoms with E-state index in [9.17, 15) is 14.4 Å². The number of benzene rings is 2. The maximum atomic E-state index is 12.9. The van der Waals surface area contributed by atoms with E-state index in [-0.39, 0.29) is 0 Å². The minimum atomic E-state index is -0.964. The monoisotopic (exact) mass is 366 g/mol. The molecule has 1 N–H and O–H groups in total. The largest absolute Gasteiger partial charge is 0.444 e. The van der Waals surface area contributed by atoms with Gasteiger partial charge in [-0.25, -0.2) is 9.69 Å². The Morgan fingerprint density at radius 1 is 0.963 bits per heavy atom. The topological polar surface area (TPSA) is 75.7 Å². The molecule has 0 spiro atoms. The number of nitrogens with zero attached hydrogens (tertiary/aromatic N) is 1. The molecule has 0 saturated heterocycles. The number of hydrogen-bond donors (Lipinski definition) is 1. The van der Waals surface area contributed by atoms with Crippen LogP contribution in [0.1, 0.15) is 58.8 Å².